The van der Waals surface area contributed by atoms with E-state index >= 15 is 0 Å². The monoisotopic (exact) mass is 437 g/mol. The van der Waals surface area contributed by atoms with E-state index in [0.29, 0.717) is 5.39 Å². The van der Waals surface area contributed by atoms with Gasteiger partial charge >= 0.3 is 155 Å². The van der Waals surface area contributed by atoms with Crippen LogP contribution in [0.4, 0.5) is 4.39 Å². The second kappa shape index (κ2) is 6.56. The van der Waals surface area contributed by atoms with E-state index in [2.05, 4.69) is 20.6 Å². The van der Waals surface area contributed by atoms with Crippen LogP contribution in [0.2, 0.25) is 0 Å². The van der Waals surface area contributed by atoms with E-state index in [1.807, 2.05) is 0 Å². The summed E-state index contributed by atoms with van der Waals surface area (Å²) in [6.07, 6.45) is 1.21. The first-order valence-corrected chi connectivity index (χ1v) is 9.42. The average Bonchev–Trinajstić information content (AvgIpc) is 3.21. The van der Waals surface area contributed by atoms with E-state index in [9.17, 15) is 18.8 Å². The molecule has 0 spiro atoms. The number of benzene rings is 1. The second-order valence-electron chi connectivity index (χ2n) is 5.68. The van der Waals surface area contributed by atoms with Crippen LogP contribution >= 0.6 is 0 Å². The summed E-state index contributed by atoms with van der Waals surface area (Å²) in [4.78, 5) is 40.4. The molecule has 4 aromatic rings. The summed E-state index contributed by atoms with van der Waals surface area (Å²) < 4.78 is 17.8. The zero-order valence-electron chi connectivity index (χ0n) is 13.9. The van der Waals surface area contributed by atoms with Gasteiger partial charge in [0, 0.05) is 0 Å². The molecule has 1 amide bonds. The Labute approximate surface area is 155 Å². The number of halogens is 1. The Bertz CT molecular complexity index is 1300. The molecule has 12 heteroatoms. The van der Waals surface area contributed by atoms with Gasteiger partial charge in [0.25, 0.3) is 0 Å². The van der Waals surface area contributed by atoms with Gasteiger partial charge in [0.15, 0.2) is 0 Å². The van der Waals surface area contributed by atoms with Gasteiger partial charge in [-0.2, -0.15) is 0 Å². The molecule has 3 heterocycles. The number of amides is 1. The molecule has 1 aromatic carbocycles. The molecule has 0 aliphatic carbocycles. The van der Waals surface area contributed by atoms with E-state index in [0.717, 1.165) is 13.3 Å². The number of hydrogen-bond acceptors (Lipinski definition) is 6. The molecule has 0 aliphatic rings. The number of nitrogens with one attached hydrogen (secondary N) is 1. The van der Waals surface area contributed by atoms with Crippen LogP contribution in [0.3, 0.4) is 0 Å². The Morgan fingerprint density at radius 3 is 2.96 bits per heavy atom. The predicted octanol–water partition coefficient (Wildman–Crippen LogP) is -1.24. The van der Waals surface area contributed by atoms with E-state index in [1.54, 1.807) is 9.63 Å². The van der Waals surface area contributed by atoms with Gasteiger partial charge in [-0.05, 0) is 0 Å². The third-order valence-corrected chi connectivity index (χ3v) is 6.27. The van der Waals surface area contributed by atoms with Crippen molar-refractivity contribution in [2.45, 2.75) is 6.54 Å². The Morgan fingerprint density at radius 1 is 1.33 bits per heavy atom. The molecule has 0 bridgehead atoms. The molecule has 0 unspecified atom stereocenters. The van der Waals surface area contributed by atoms with Crippen molar-refractivity contribution < 1.29 is 9.18 Å². The van der Waals surface area contributed by atoms with Gasteiger partial charge in [-0.15, -0.1) is 0 Å². The first-order chi connectivity index (χ1) is 13.0. The van der Waals surface area contributed by atoms with Crippen LogP contribution in [0, 0.1) is 5.82 Å². The molecular formula is C15H12FN7O3Se. The molecule has 0 atom stereocenters. The van der Waals surface area contributed by atoms with E-state index in [-0.39, 0.29) is 44.7 Å². The van der Waals surface area contributed by atoms with Crippen molar-refractivity contribution >= 4 is 35.9 Å². The summed E-state index contributed by atoms with van der Waals surface area (Å²) in [5.41, 5.74) is -0.689. The van der Waals surface area contributed by atoms with Crippen LogP contribution in [0.1, 0.15) is 10.5 Å². The fraction of sp³-hybridized carbons (Fsp3) is 0.200. The van der Waals surface area contributed by atoms with Gasteiger partial charge in [0.2, 0.25) is 0 Å². The number of fused-ring (bicyclic) bond motifs is 2. The van der Waals surface area contributed by atoms with Crippen molar-refractivity contribution in [2.75, 3.05) is 6.54 Å². The Morgan fingerprint density at radius 2 is 2.15 bits per heavy atom. The van der Waals surface area contributed by atoms with Crippen LogP contribution in [-0.4, -0.2) is 55.1 Å². The number of rotatable bonds is 4. The van der Waals surface area contributed by atoms with Gasteiger partial charge in [-0.25, -0.2) is 0 Å². The van der Waals surface area contributed by atoms with Gasteiger partial charge in [0.1, 0.15) is 0 Å². The molecule has 138 valence electrons. The van der Waals surface area contributed by atoms with Crippen LogP contribution in [-0.2, 0) is 13.6 Å². The number of carbonyl (C=O) groups is 1. The number of carbonyl (C=O) groups excluding carboxylic acids is 1. The average molecular weight is 436 g/mol. The second-order valence-corrected chi connectivity index (χ2v) is 7.91. The normalized spacial score (nSPS) is 11.3. The number of nitrogens with zero attached hydrogens (tertiary/aromatic N) is 6. The molecule has 0 fully saturated rings. The van der Waals surface area contributed by atoms with Crippen LogP contribution in [0.15, 0.2) is 34.1 Å². The molecule has 10 nitrogen and oxygen atoms in total. The third-order valence-electron chi connectivity index (χ3n) is 3.92. The van der Waals surface area contributed by atoms with Crippen molar-refractivity contribution in [3.05, 3.63) is 56.9 Å². The minimum atomic E-state index is -0.525. The Balaban J connectivity index is 1.51. The standard InChI is InChI=1S/C15H12FN7O3Se/c1-21-15(26)22-7-18-11(12(22)19-20-21)13(24)17-4-5-23-14(25)9-6-8(16)2-3-10(9)27-23/h2-3,6-7H,4-5H2,1H3,(H,17,24). The maximum absolute atomic E-state index is 13.3. The minimum absolute atomic E-state index is 0.0242. The van der Waals surface area contributed by atoms with E-state index < -0.39 is 17.4 Å². The topological polar surface area (TPSA) is 116 Å². The summed E-state index contributed by atoms with van der Waals surface area (Å²) in [7, 11) is 1.44. The molecule has 0 saturated heterocycles. The predicted molar refractivity (Wildman–Crippen MR) is 93.5 cm³/mol. The van der Waals surface area contributed by atoms with Crippen LogP contribution in [0.5, 0.6) is 0 Å². The molecule has 1 N–H and O–H groups in total. The van der Waals surface area contributed by atoms with Crippen LogP contribution in [0.25, 0.3) is 15.3 Å². The van der Waals surface area contributed by atoms with Gasteiger partial charge in [-0.3, -0.25) is 0 Å². The first-order valence-electron chi connectivity index (χ1n) is 7.80. The zero-order valence-corrected chi connectivity index (χ0v) is 15.6. The molecule has 0 radical (unpaired) electrons. The fourth-order valence-electron chi connectivity index (χ4n) is 2.59. The van der Waals surface area contributed by atoms with Crippen molar-refractivity contribution in [2.24, 2.45) is 7.05 Å². The summed E-state index contributed by atoms with van der Waals surface area (Å²) in [6.45, 7) is 0.459. The molecule has 0 aliphatic heterocycles. The maximum atomic E-state index is 13.3. The van der Waals surface area contributed by atoms with E-state index in [1.165, 1.54) is 25.5 Å². The summed E-state index contributed by atoms with van der Waals surface area (Å²) in [5.74, 6) is -0.977. The Kier molecular flexibility index (Phi) is 4.21. The molecule has 27 heavy (non-hydrogen) atoms. The van der Waals surface area contributed by atoms with Crippen molar-refractivity contribution in [1.29, 1.82) is 0 Å². The Hall–Kier alpha value is -3.11. The number of imidazole rings is 1. The molecule has 4 rings (SSSR count). The van der Waals surface area contributed by atoms with Crippen molar-refractivity contribution in [3.8, 4) is 0 Å². The van der Waals surface area contributed by atoms with Gasteiger partial charge in [-0.1, -0.05) is 0 Å². The van der Waals surface area contributed by atoms with Gasteiger partial charge < -0.3 is 0 Å². The zero-order chi connectivity index (χ0) is 19.1. The summed E-state index contributed by atoms with van der Waals surface area (Å²) >= 11 is -0.260. The molecule has 3 aromatic heterocycles. The fourth-order valence-corrected chi connectivity index (χ4v) is 4.63. The quantitative estimate of drug-likeness (QED) is 0.401. The third kappa shape index (κ3) is 2.98. The summed E-state index contributed by atoms with van der Waals surface area (Å²) in [6, 6.07) is 4.17. The van der Waals surface area contributed by atoms with E-state index in [4.69, 9.17) is 0 Å². The first kappa shape index (κ1) is 17.3. The van der Waals surface area contributed by atoms with Crippen molar-refractivity contribution in [3.63, 3.8) is 0 Å². The number of hydrogen-bond donors (Lipinski definition) is 1. The number of aryl methyl sites for hydroxylation is 1. The van der Waals surface area contributed by atoms with Gasteiger partial charge in [0.05, 0.1) is 0 Å². The summed E-state index contributed by atoms with van der Waals surface area (Å²) in [5, 5.41) is 10.5. The molecule has 0 saturated carbocycles. The SMILES string of the molecule is Cn1nnc2c(C(=O)NCCn3[se]c4ccc(F)cc4c3=O)ncn2c1=O. The number of aromatic nitrogens is 6. The molecular weight excluding hydrogens is 424 g/mol. The van der Waals surface area contributed by atoms with Crippen molar-refractivity contribution in [1.82, 2.24) is 33.3 Å². The van der Waals surface area contributed by atoms with Crippen LogP contribution < -0.4 is 16.6 Å².